The van der Waals surface area contributed by atoms with Gasteiger partial charge in [0, 0.05) is 13.2 Å². The Labute approximate surface area is 112 Å². The molecule has 1 unspecified atom stereocenters. The Hall–Kier alpha value is -0.840. The molecule has 0 heterocycles. The average molecular weight is 276 g/mol. The number of anilines is 1. The van der Waals surface area contributed by atoms with Gasteiger partial charge in [0.1, 0.15) is 5.82 Å². The van der Waals surface area contributed by atoms with Gasteiger partial charge < -0.3 is 15.2 Å². The van der Waals surface area contributed by atoms with E-state index in [0.717, 1.165) is 0 Å². The summed E-state index contributed by atoms with van der Waals surface area (Å²) < 4.78 is 18.1. The maximum absolute atomic E-state index is 12.8. The second-order valence-electron chi connectivity index (χ2n) is 4.59. The van der Waals surface area contributed by atoms with E-state index in [-0.39, 0.29) is 12.4 Å². The van der Waals surface area contributed by atoms with Crippen molar-refractivity contribution >= 4 is 17.3 Å². The SMILES string of the molecule is CC(C)COCC(O)CNc1ccc(F)cc1Cl. The third-order valence-electron chi connectivity index (χ3n) is 2.22. The molecular formula is C13H19ClFNO2. The van der Waals surface area contributed by atoms with Crippen LogP contribution in [0.3, 0.4) is 0 Å². The fraction of sp³-hybridized carbons (Fsp3) is 0.538. The Morgan fingerprint density at radius 3 is 2.72 bits per heavy atom. The fourth-order valence-corrected chi connectivity index (χ4v) is 1.59. The normalized spacial score (nSPS) is 12.8. The molecule has 3 nitrogen and oxygen atoms in total. The van der Waals surface area contributed by atoms with E-state index in [0.29, 0.717) is 29.8 Å². The van der Waals surface area contributed by atoms with E-state index in [1.807, 2.05) is 13.8 Å². The summed E-state index contributed by atoms with van der Waals surface area (Å²) in [7, 11) is 0. The number of aliphatic hydroxyl groups excluding tert-OH is 1. The lowest BCUT2D eigenvalue weighted by Gasteiger charge is -2.15. The molecule has 1 aromatic carbocycles. The minimum absolute atomic E-state index is 0.268. The Kier molecular flexibility index (Phi) is 6.39. The van der Waals surface area contributed by atoms with Crippen LogP contribution in [0.2, 0.25) is 5.02 Å². The number of aliphatic hydroxyl groups is 1. The number of rotatable bonds is 7. The van der Waals surface area contributed by atoms with Crippen LogP contribution in [-0.4, -0.2) is 31.0 Å². The van der Waals surface area contributed by atoms with E-state index >= 15 is 0 Å². The summed E-state index contributed by atoms with van der Waals surface area (Å²) in [5.74, 6) is 0.0584. The number of ether oxygens (including phenoxy) is 1. The molecule has 0 aliphatic carbocycles. The highest BCUT2D eigenvalue weighted by molar-refractivity contribution is 6.33. The van der Waals surface area contributed by atoms with E-state index in [1.54, 1.807) is 6.07 Å². The summed E-state index contributed by atoms with van der Waals surface area (Å²) in [5.41, 5.74) is 0.598. The van der Waals surface area contributed by atoms with Crippen LogP contribution in [-0.2, 0) is 4.74 Å². The predicted octanol–water partition coefficient (Wildman–Crippen LogP) is 2.92. The Morgan fingerprint density at radius 2 is 2.11 bits per heavy atom. The van der Waals surface area contributed by atoms with Crippen molar-refractivity contribution in [2.24, 2.45) is 5.92 Å². The van der Waals surface area contributed by atoms with E-state index in [4.69, 9.17) is 16.3 Å². The van der Waals surface area contributed by atoms with Gasteiger partial charge in [0.2, 0.25) is 0 Å². The number of nitrogens with one attached hydrogen (secondary N) is 1. The highest BCUT2D eigenvalue weighted by atomic mass is 35.5. The maximum Gasteiger partial charge on any atom is 0.124 e. The first kappa shape index (κ1) is 15.2. The van der Waals surface area contributed by atoms with E-state index in [2.05, 4.69) is 5.32 Å². The van der Waals surface area contributed by atoms with Gasteiger partial charge in [-0.25, -0.2) is 4.39 Å². The van der Waals surface area contributed by atoms with Crippen molar-refractivity contribution in [1.29, 1.82) is 0 Å². The fourth-order valence-electron chi connectivity index (χ4n) is 1.36. The molecule has 0 saturated heterocycles. The van der Waals surface area contributed by atoms with Crippen LogP contribution in [0.4, 0.5) is 10.1 Å². The zero-order valence-corrected chi connectivity index (χ0v) is 11.4. The second kappa shape index (κ2) is 7.56. The van der Waals surface area contributed by atoms with Crippen LogP contribution in [0.15, 0.2) is 18.2 Å². The van der Waals surface area contributed by atoms with Crippen molar-refractivity contribution in [3.63, 3.8) is 0 Å². The molecule has 0 aliphatic heterocycles. The smallest absolute Gasteiger partial charge is 0.124 e. The largest absolute Gasteiger partial charge is 0.389 e. The molecule has 1 aromatic rings. The number of hydrogen-bond donors (Lipinski definition) is 2. The molecular weight excluding hydrogens is 257 g/mol. The molecule has 2 N–H and O–H groups in total. The first-order valence-corrected chi connectivity index (χ1v) is 6.31. The van der Waals surface area contributed by atoms with Gasteiger partial charge in [0.05, 0.1) is 23.4 Å². The summed E-state index contributed by atoms with van der Waals surface area (Å²) >= 11 is 5.84. The van der Waals surface area contributed by atoms with Gasteiger partial charge in [-0.1, -0.05) is 25.4 Å². The molecule has 0 fully saturated rings. The second-order valence-corrected chi connectivity index (χ2v) is 5.00. The molecule has 1 atom stereocenters. The Balaban J connectivity index is 2.31. The van der Waals surface area contributed by atoms with Gasteiger partial charge in [0.15, 0.2) is 0 Å². The van der Waals surface area contributed by atoms with Gasteiger partial charge in [-0.15, -0.1) is 0 Å². The molecule has 102 valence electrons. The van der Waals surface area contributed by atoms with Crippen LogP contribution >= 0.6 is 11.6 Å². The van der Waals surface area contributed by atoms with Crippen LogP contribution < -0.4 is 5.32 Å². The van der Waals surface area contributed by atoms with Crippen molar-refractivity contribution in [3.05, 3.63) is 29.0 Å². The Morgan fingerprint density at radius 1 is 1.39 bits per heavy atom. The van der Waals surface area contributed by atoms with E-state index in [1.165, 1.54) is 12.1 Å². The molecule has 0 bridgehead atoms. The van der Waals surface area contributed by atoms with Crippen molar-refractivity contribution in [1.82, 2.24) is 0 Å². The summed E-state index contributed by atoms with van der Waals surface area (Å²) in [6.45, 7) is 5.29. The standard InChI is InChI=1S/C13H19ClFNO2/c1-9(2)7-18-8-11(17)6-16-13-4-3-10(15)5-12(13)14/h3-5,9,11,16-17H,6-8H2,1-2H3. The van der Waals surface area contributed by atoms with Crippen LogP contribution in [0.25, 0.3) is 0 Å². The van der Waals surface area contributed by atoms with E-state index < -0.39 is 6.10 Å². The lowest BCUT2D eigenvalue weighted by molar-refractivity contribution is 0.0318. The minimum Gasteiger partial charge on any atom is -0.389 e. The lowest BCUT2D eigenvalue weighted by Crippen LogP contribution is -2.25. The van der Waals surface area contributed by atoms with Gasteiger partial charge in [-0.3, -0.25) is 0 Å². The highest BCUT2D eigenvalue weighted by Gasteiger charge is 2.07. The number of hydrogen-bond acceptors (Lipinski definition) is 3. The zero-order valence-electron chi connectivity index (χ0n) is 10.6. The van der Waals surface area contributed by atoms with E-state index in [9.17, 15) is 9.50 Å². The third kappa shape index (κ3) is 5.67. The van der Waals surface area contributed by atoms with Crippen LogP contribution in [0, 0.1) is 11.7 Å². The first-order chi connectivity index (χ1) is 8.49. The average Bonchev–Trinajstić information content (AvgIpc) is 2.27. The zero-order chi connectivity index (χ0) is 13.5. The minimum atomic E-state index is -0.620. The summed E-state index contributed by atoms with van der Waals surface area (Å²) in [5, 5.41) is 12.9. The Bertz CT molecular complexity index is 374. The van der Waals surface area contributed by atoms with Gasteiger partial charge in [0.25, 0.3) is 0 Å². The molecule has 0 aromatic heterocycles. The van der Waals surface area contributed by atoms with Crippen molar-refractivity contribution in [2.45, 2.75) is 20.0 Å². The first-order valence-electron chi connectivity index (χ1n) is 5.93. The number of benzene rings is 1. The molecule has 0 amide bonds. The summed E-state index contributed by atoms with van der Waals surface area (Å²) in [6.07, 6.45) is -0.620. The maximum atomic E-state index is 12.8. The van der Waals surface area contributed by atoms with Crippen LogP contribution in [0.5, 0.6) is 0 Å². The highest BCUT2D eigenvalue weighted by Crippen LogP contribution is 2.22. The van der Waals surface area contributed by atoms with Crippen molar-refractivity contribution in [3.8, 4) is 0 Å². The van der Waals surface area contributed by atoms with Crippen LogP contribution in [0.1, 0.15) is 13.8 Å². The topological polar surface area (TPSA) is 41.5 Å². The molecule has 0 spiro atoms. The van der Waals surface area contributed by atoms with Gasteiger partial charge in [-0.05, 0) is 24.1 Å². The summed E-state index contributed by atoms with van der Waals surface area (Å²) in [4.78, 5) is 0. The molecule has 5 heteroatoms. The van der Waals surface area contributed by atoms with Gasteiger partial charge in [-0.2, -0.15) is 0 Å². The molecule has 0 radical (unpaired) electrons. The molecule has 18 heavy (non-hydrogen) atoms. The van der Waals surface area contributed by atoms with Crippen molar-refractivity contribution in [2.75, 3.05) is 25.1 Å². The summed E-state index contributed by atoms with van der Waals surface area (Å²) in [6, 6.07) is 4.08. The third-order valence-corrected chi connectivity index (χ3v) is 2.53. The molecule has 1 rings (SSSR count). The van der Waals surface area contributed by atoms with Crippen molar-refractivity contribution < 1.29 is 14.2 Å². The van der Waals surface area contributed by atoms with Gasteiger partial charge >= 0.3 is 0 Å². The quantitative estimate of drug-likeness (QED) is 0.804. The predicted molar refractivity (Wildman–Crippen MR) is 71.6 cm³/mol. The number of halogens is 2. The molecule has 0 aliphatic rings. The molecule has 0 saturated carbocycles. The monoisotopic (exact) mass is 275 g/mol. The lowest BCUT2D eigenvalue weighted by atomic mass is 10.2.